The fourth-order valence-electron chi connectivity index (χ4n) is 3.02. The highest BCUT2D eigenvalue weighted by Crippen LogP contribution is 2.37. The van der Waals surface area contributed by atoms with Gasteiger partial charge in [0.2, 0.25) is 0 Å². The molecule has 0 radical (unpaired) electrons. The molecule has 1 aromatic rings. The molecule has 2 atom stereocenters. The minimum Gasteiger partial charge on any atom is -0.465 e. The summed E-state index contributed by atoms with van der Waals surface area (Å²) in [6.07, 6.45) is 1.29. The Kier molecular flexibility index (Phi) is 5.12. The molecule has 5 heteroatoms. The maximum Gasteiger partial charge on any atom is 0.410 e. The quantitative estimate of drug-likeness (QED) is 0.813. The molecule has 2 rings (SSSR count). The zero-order chi connectivity index (χ0) is 17.1. The van der Waals surface area contributed by atoms with Crippen LogP contribution < -0.4 is 0 Å². The van der Waals surface area contributed by atoms with Crippen LogP contribution in [0.15, 0.2) is 43.0 Å². The van der Waals surface area contributed by atoms with Gasteiger partial charge in [0.1, 0.15) is 5.72 Å². The van der Waals surface area contributed by atoms with Crippen LogP contribution in [0, 0.1) is 0 Å². The molecule has 23 heavy (non-hydrogen) atoms. The number of nitrogens with zero attached hydrogens (tertiary/aromatic N) is 1. The van der Waals surface area contributed by atoms with Crippen LogP contribution in [0.1, 0.15) is 32.8 Å². The summed E-state index contributed by atoms with van der Waals surface area (Å²) in [4.78, 5) is 13.1. The van der Waals surface area contributed by atoms with E-state index in [2.05, 4.69) is 6.58 Å². The van der Waals surface area contributed by atoms with Crippen LogP contribution in [0.4, 0.5) is 4.79 Å². The number of carbonyl (C=O) groups is 1. The van der Waals surface area contributed by atoms with Crippen LogP contribution in [0.5, 0.6) is 0 Å². The molecule has 0 bridgehead atoms. The first-order chi connectivity index (χ1) is 10.8. The monoisotopic (exact) mass is 319 g/mol. The molecule has 1 aliphatic heterocycles. The first-order valence-electron chi connectivity index (χ1n) is 7.75. The molecule has 0 saturated carbocycles. The Labute approximate surface area is 137 Å². The second kappa shape index (κ2) is 6.72. The highest BCUT2D eigenvalue weighted by molar-refractivity contribution is 5.67. The lowest BCUT2D eigenvalue weighted by molar-refractivity contribution is -0.0944. The minimum atomic E-state index is -1.00. The Morgan fingerprint density at radius 3 is 2.74 bits per heavy atom. The molecule has 1 amide bonds. The first-order valence-corrected chi connectivity index (χ1v) is 7.75. The van der Waals surface area contributed by atoms with E-state index in [1.165, 1.54) is 4.90 Å². The number of benzene rings is 1. The number of hydrogen-bond donors (Lipinski definition) is 1. The Morgan fingerprint density at radius 1 is 1.52 bits per heavy atom. The van der Waals surface area contributed by atoms with Gasteiger partial charge in [-0.05, 0) is 32.8 Å². The lowest BCUT2D eigenvalue weighted by Crippen LogP contribution is -2.56. The minimum absolute atomic E-state index is 0.304. The normalized spacial score (nSPS) is 22.6. The summed E-state index contributed by atoms with van der Waals surface area (Å²) in [7, 11) is 0. The molecule has 1 fully saturated rings. The average Bonchev–Trinajstić information content (AvgIpc) is 2.83. The van der Waals surface area contributed by atoms with Crippen molar-refractivity contribution in [1.82, 2.24) is 4.90 Å². The molecule has 1 N–H and O–H groups in total. The predicted octanol–water partition coefficient (Wildman–Crippen LogP) is 3.65. The van der Waals surface area contributed by atoms with E-state index in [0.717, 1.165) is 5.56 Å². The number of amides is 1. The Morgan fingerprint density at radius 2 is 2.17 bits per heavy atom. The number of ether oxygens (including phenoxy) is 2. The van der Waals surface area contributed by atoms with Gasteiger partial charge < -0.3 is 14.6 Å². The van der Waals surface area contributed by atoms with Crippen molar-refractivity contribution in [1.29, 1.82) is 0 Å². The second-order valence-corrected chi connectivity index (χ2v) is 6.51. The van der Waals surface area contributed by atoms with Gasteiger partial charge in [0.25, 0.3) is 0 Å². The van der Waals surface area contributed by atoms with E-state index in [1.54, 1.807) is 19.9 Å². The van der Waals surface area contributed by atoms with Crippen molar-refractivity contribution in [3.8, 4) is 0 Å². The summed E-state index contributed by atoms with van der Waals surface area (Å²) in [5.74, 6) is 0. The molecule has 1 saturated heterocycles. The Bertz CT molecular complexity index is 557. The first kappa shape index (κ1) is 17.5. The molecule has 1 heterocycles. The van der Waals surface area contributed by atoms with Gasteiger partial charge in [0.05, 0.1) is 24.9 Å². The van der Waals surface area contributed by atoms with Crippen LogP contribution >= 0.6 is 0 Å². The summed E-state index contributed by atoms with van der Waals surface area (Å²) in [6, 6.07) is 9.43. The number of rotatable bonds is 6. The predicted molar refractivity (Wildman–Crippen MR) is 88.1 cm³/mol. The maximum absolute atomic E-state index is 11.7. The SMILES string of the molecule is C=CC[C@@](C)(OCc1ccccc1)[C@@H]1COC(C)(C)N1C(=O)O. The van der Waals surface area contributed by atoms with E-state index in [1.807, 2.05) is 37.3 Å². The molecule has 0 unspecified atom stereocenters. The van der Waals surface area contributed by atoms with E-state index in [9.17, 15) is 9.90 Å². The standard InChI is InChI=1S/C18H25NO4/c1-5-11-18(4,23-12-14-9-7-6-8-10-14)15-13-22-17(2,3)19(15)16(20)21/h5-10,15H,1,11-13H2,2-4H3,(H,20,21)/t15-,18+/m0/s1. The highest BCUT2D eigenvalue weighted by atomic mass is 16.6. The van der Waals surface area contributed by atoms with Crippen molar-refractivity contribution in [3.05, 3.63) is 48.6 Å². The van der Waals surface area contributed by atoms with E-state index >= 15 is 0 Å². The molecule has 1 aromatic carbocycles. The van der Waals surface area contributed by atoms with Crippen LogP contribution in [-0.4, -0.2) is 40.1 Å². The van der Waals surface area contributed by atoms with Gasteiger partial charge in [-0.15, -0.1) is 6.58 Å². The fourth-order valence-corrected chi connectivity index (χ4v) is 3.02. The zero-order valence-electron chi connectivity index (χ0n) is 14.0. The van der Waals surface area contributed by atoms with Gasteiger partial charge in [-0.3, -0.25) is 4.90 Å². The number of carboxylic acid groups (broad SMARTS) is 1. The van der Waals surface area contributed by atoms with Gasteiger partial charge in [-0.25, -0.2) is 4.79 Å². The third kappa shape index (κ3) is 3.74. The van der Waals surface area contributed by atoms with Crippen molar-refractivity contribution in [2.24, 2.45) is 0 Å². The van der Waals surface area contributed by atoms with E-state index in [0.29, 0.717) is 19.6 Å². The molecule has 0 spiro atoms. The van der Waals surface area contributed by atoms with Gasteiger partial charge in [-0.2, -0.15) is 0 Å². The summed E-state index contributed by atoms with van der Waals surface area (Å²) < 4.78 is 11.9. The van der Waals surface area contributed by atoms with Crippen LogP contribution in [0.2, 0.25) is 0 Å². The smallest absolute Gasteiger partial charge is 0.410 e. The molecule has 5 nitrogen and oxygen atoms in total. The van der Waals surface area contributed by atoms with Crippen LogP contribution in [-0.2, 0) is 16.1 Å². The van der Waals surface area contributed by atoms with Crippen molar-refractivity contribution < 1.29 is 19.4 Å². The second-order valence-electron chi connectivity index (χ2n) is 6.51. The zero-order valence-corrected chi connectivity index (χ0v) is 14.0. The van der Waals surface area contributed by atoms with E-state index in [4.69, 9.17) is 9.47 Å². The molecule has 1 aliphatic rings. The summed E-state index contributed by atoms with van der Waals surface area (Å²) in [6.45, 7) is 9.94. The maximum atomic E-state index is 11.7. The van der Waals surface area contributed by atoms with Crippen molar-refractivity contribution >= 4 is 6.09 Å². The van der Waals surface area contributed by atoms with Crippen molar-refractivity contribution in [2.75, 3.05) is 6.61 Å². The fraction of sp³-hybridized carbons (Fsp3) is 0.500. The lowest BCUT2D eigenvalue weighted by Gasteiger charge is -2.40. The topological polar surface area (TPSA) is 59.0 Å². The molecular weight excluding hydrogens is 294 g/mol. The summed E-state index contributed by atoms with van der Waals surface area (Å²) in [5, 5.41) is 9.60. The van der Waals surface area contributed by atoms with Crippen LogP contribution in [0.3, 0.4) is 0 Å². The Hall–Kier alpha value is -1.85. The molecule has 0 aromatic heterocycles. The van der Waals surface area contributed by atoms with Crippen molar-refractivity contribution in [2.45, 2.75) is 51.2 Å². The number of hydrogen-bond acceptors (Lipinski definition) is 3. The van der Waals surface area contributed by atoms with Gasteiger partial charge in [-0.1, -0.05) is 36.4 Å². The van der Waals surface area contributed by atoms with Crippen LogP contribution in [0.25, 0.3) is 0 Å². The third-order valence-corrected chi connectivity index (χ3v) is 4.36. The van der Waals surface area contributed by atoms with Gasteiger partial charge >= 0.3 is 6.09 Å². The largest absolute Gasteiger partial charge is 0.465 e. The molecular formula is C18H25NO4. The van der Waals surface area contributed by atoms with E-state index in [-0.39, 0.29) is 0 Å². The highest BCUT2D eigenvalue weighted by Gasteiger charge is 2.52. The average molecular weight is 319 g/mol. The third-order valence-electron chi connectivity index (χ3n) is 4.36. The molecule has 126 valence electrons. The van der Waals surface area contributed by atoms with Crippen molar-refractivity contribution in [3.63, 3.8) is 0 Å². The molecule has 0 aliphatic carbocycles. The Balaban J connectivity index is 2.21. The van der Waals surface area contributed by atoms with E-state index < -0.39 is 23.5 Å². The van der Waals surface area contributed by atoms with Gasteiger partial charge in [0.15, 0.2) is 0 Å². The summed E-state index contributed by atoms with van der Waals surface area (Å²) in [5.41, 5.74) is -0.526. The summed E-state index contributed by atoms with van der Waals surface area (Å²) >= 11 is 0. The van der Waals surface area contributed by atoms with Gasteiger partial charge in [0, 0.05) is 0 Å². The lowest BCUT2D eigenvalue weighted by atomic mass is 9.91.